The van der Waals surface area contributed by atoms with E-state index in [0.717, 1.165) is 32.5 Å². The molecule has 0 radical (unpaired) electrons. The number of rotatable bonds is 2. The van der Waals surface area contributed by atoms with E-state index in [-0.39, 0.29) is 24.4 Å². The summed E-state index contributed by atoms with van der Waals surface area (Å²) in [5.74, 6) is 0.469. The molecule has 0 unspecified atom stereocenters. The van der Waals surface area contributed by atoms with E-state index in [4.69, 9.17) is 0 Å². The number of hydrogen-bond acceptors (Lipinski definition) is 2. The van der Waals surface area contributed by atoms with Gasteiger partial charge in [0.2, 0.25) is 5.91 Å². The number of piperidine rings is 1. The molecule has 4 heteroatoms. The fourth-order valence-electron chi connectivity index (χ4n) is 2.11. The van der Waals surface area contributed by atoms with Crippen LogP contribution in [0.5, 0.6) is 0 Å². The second-order valence-corrected chi connectivity index (χ2v) is 4.30. The Labute approximate surface area is 83.6 Å². The van der Waals surface area contributed by atoms with Crippen LogP contribution < -0.4 is 5.32 Å². The second-order valence-electron chi connectivity index (χ2n) is 4.30. The lowest BCUT2D eigenvalue weighted by molar-refractivity contribution is -0.139. The third-order valence-electron chi connectivity index (χ3n) is 3.18. The van der Waals surface area contributed by atoms with Crippen molar-refractivity contribution in [3.63, 3.8) is 0 Å². The molecule has 0 bridgehead atoms. The first kappa shape index (κ1) is 9.90. The lowest BCUT2D eigenvalue weighted by Crippen LogP contribution is -2.54. The van der Waals surface area contributed by atoms with Crippen LogP contribution in [-0.4, -0.2) is 43.7 Å². The van der Waals surface area contributed by atoms with Crippen LogP contribution >= 0.6 is 0 Å². The number of amides is 1. The summed E-state index contributed by atoms with van der Waals surface area (Å²) in [6.07, 6.45) is 1.89. The van der Waals surface area contributed by atoms with Crippen LogP contribution in [-0.2, 0) is 4.79 Å². The zero-order valence-electron chi connectivity index (χ0n) is 8.34. The average Bonchev–Trinajstić information content (AvgIpc) is 2.15. The molecule has 2 heterocycles. The number of nitrogens with one attached hydrogen (secondary N) is 1. The molecule has 0 saturated carbocycles. The summed E-state index contributed by atoms with van der Waals surface area (Å²) in [6.45, 7) is 2.77. The van der Waals surface area contributed by atoms with E-state index in [1.54, 1.807) is 0 Å². The Bertz CT molecular complexity index is 218. The summed E-state index contributed by atoms with van der Waals surface area (Å²) in [5, 5.41) is 3.08. The van der Waals surface area contributed by atoms with Gasteiger partial charge in [0.25, 0.3) is 0 Å². The van der Waals surface area contributed by atoms with Gasteiger partial charge in [-0.05, 0) is 12.8 Å². The van der Waals surface area contributed by atoms with Crippen molar-refractivity contribution in [1.82, 2.24) is 10.2 Å². The monoisotopic (exact) mass is 200 g/mol. The van der Waals surface area contributed by atoms with Crippen molar-refractivity contribution >= 4 is 5.91 Å². The highest BCUT2D eigenvalue weighted by Crippen LogP contribution is 2.19. The maximum Gasteiger partial charge on any atom is 0.228 e. The molecular formula is C10H17FN2O. The molecule has 2 fully saturated rings. The maximum atomic E-state index is 12.5. The number of likely N-dealkylation sites (tertiary alicyclic amines) is 1. The molecule has 80 valence electrons. The molecule has 1 N–H and O–H groups in total. The van der Waals surface area contributed by atoms with Crippen LogP contribution in [0.4, 0.5) is 4.39 Å². The molecule has 1 amide bonds. The van der Waals surface area contributed by atoms with E-state index in [1.165, 1.54) is 0 Å². The average molecular weight is 200 g/mol. The van der Waals surface area contributed by atoms with Crippen LogP contribution in [0.2, 0.25) is 0 Å². The minimum absolute atomic E-state index is 0.0840. The largest absolute Gasteiger partial charge is 0.342 e. The summed E-state index contributed by atoms with van der Waals surface area (Å²) in [5.41, 5.74) is 0. The van der Waals surface area contributed by atoms with Gasteiger partial charge >= 0.3 is 0 Å². The van der Waals surface area contributed by atoms with Gasteiger partial charge in [0.05, 0.1) is 12.6 Å². The maximum absolute atomic E-state index is 12.5. The molecular weight excluding hydrogens is 183 g/mol. The molecule has 2 saturated heterocycles. The third kappa shape index (κ3) is 1.90. The number of carbonyl (C=O) groups is 1. The topological polar surface area (TPSA) is 32.3 Å². The van der Waals surface area contributed by atoms with Gasteiger partial charge in [0.1, 0.15) is 0 Å². The van der Waals surface area contributed by atoms with Gasteiger partial charge in [0.15, 0.2) is 0 Å². The quantitative estimate of drug-likeness (QED) is 0.700. The van der Waals surface area contributed by atoms with Gasteiger partial charge < -0.3 is 10.2 Å². The lowest BCUT2D eigenvalue weighted by Gasteiger charge is -2.36. The van der Waals surface area contributed by atoms with Gasteiger partial charge in [-0.15, -0.1) is 0 Å². The van der Waals surface area contributed by atoms with Gasteiger partial charge in [-0.3, -0.25) is 9.18 Å². The summed E-state index contributed by atoms with van der Waals surface area (Å²) < 4.78 is 12.5. The highest BCUT2D eigenvalue weighted by Gasteiger charge is 2.31. The van der Waals surface area contributed by atoms with Crippen LogP contribution in [0.1, 0.15) is 12.8 Å². The van der Waals surface area contributed by atoms with E-state index in [1.807, 2.05) is 4.90 Å². The molecule has 2 aliphatic rings. The van der Waals surface area contributed by atoms with Crippen molar-refractivity contribution < 1.29 is 9.18 Å². The predicted molar refractivity (Wildman–Crippen MR) is 51.6 cm³/mol. The molecule has 14 heavy (non-hydrogen) atoms. The lowest BCUT2D eigenvalue weighted by atomic mass is 9.96. The third-order valence-corrected chi connectivity index (χ3v) is 3.18. The number of nitrogens with zero attached hydrogens (tertiary/aromatic N) is 1. The summed E-state index contributed by atoms with van der Waals surface area (Å²) >= 11 is 0. The molecule has 0 aromatic rings. The molecule has 3 nitrogen and oxygen atoms in total. The minimum atomic E-state index is -0.285. The van der Waals surface area contributed by atoms with Gasteiger partial charge in [0, 0.05) is 32.1 Å². The van der Waals surface area contributed by atoms with Crippen molar-refractivity contribution in [2.75, 3.05) is 32.9 Å². The first-order valence-electron chi connectivity index (χ1n) is 5.36. The van der Waals surface area contributed by atoms with Gasteiger partial charge in [-0.1, -0.05) is 0 Å². The molecule has 0 aromatic carbocycles. The van der Waals surface area contributed by atoms with E-state index in [9.17, 15) is 9.18 Å². The van der Waals surface area contributed by atoms with Crippen LogP contribution in [0, 0.1) is 11.8 Å². The first-order chi connectivity index (χ1) is 6.81. The Morgan fingerprint density at radius 3 is 2.86 bits per heavy atom. The van der Waals surface area contributed by atoms with Crippen molar-refractivity contribution in [3.8, 4) is 0 Å². The van der Waals surface area contributed by atoms with E-state index >= 15 is 0 Å². The number of halogens is 1. The highest BCUT2D eigenvalue weighted by molar-refractivity contribution is 5.80. The molecule has 0 aromatic heterocycles. The Hall–Kier alpha value is -0.640. The smallest absolute Gasteiger partial charge is 0.228 e. The Morgan fingerprint density at radius 2 is 2.29 bits per heavy atom. The molecule has 2 rings (SSSR count). The molecule has 0 spiro atoms. The fraction of sp³-hybridized carbons (Fsp3) is 0.900. The zero-order chi connectivity index (χ0) is 9.97. The Kier molecular flexibility index (Phi) is 3.01. The molecule has 1 atom stereocenters. The van der Waals surface area contributed by atoms with Crippen molar-refractivity contribution in [1.29, 1.82) is 0 Å². The highest BCUT2D eigenvalue weighted by atomic mass is 19.1. The standard InChI is InChI=1S/C10H17FN2O/c11-4-8-2-1-3-13(7-8)10(14)9-5-12-6-9/h8-9,12H,1-7H2/t8-/m0/s1. The van der Waals surface area contributed by atoms with E-state index in [0.29, 0.717) is 6.54 Å². The summed E-state index contributed by atoms with van der Waals surface area (Å²) in [4.78, 5) is 13.7. The minimum Gasteiger partial charge on any atom is -0.342 e. The summed E-state index contributed by atoms with van der Waals surface area (Å²) in [6, 6.07) is 0. The van der Waals surface area contributed by atoms with Crippen molar-refractivity contribution in [2.45, 2.75) is 12.8 Å². The van der Waals surface area contributed by atoms with E-state index in [2.05, 4.69) is 5.32 Å². The second kappa shape index (κ2) is 4.26. The first-order valence-corrected chi connectivity index (χ1v) is 5.36. The number of hydrogen-bond donors (Lipinski definition) is 1. The number of alkyl halides is 1. The predicted octanol–water partition coefficient (Wildman–Crippen LogP) is 0.414. The van der Waals surface area contributed by atoms with Gasteiger partial charge in [-0.2, -0.15) is 0 Å². The fourth-order valence-corrected chi connectivity index (χ4v) is 2.11. The van der Waals surface area contributed by atoms with Crippen molar-refractivity contribution in [3.05, 3.63) is 0 Å². The molecule has 0 aliphatic carbocycles. The van der Waals surface area contributed by atoms with Crippen LogP contribution in [0.25, 0.3) is 0 Å². The van der Waals surface area contributed by atoms with Crippen LogP contribution in [0.3, 0.4) is 0 Å². The zero-order valence-corrected chi connectivity index (χ0v) is 8.34. The normalized spacial score (nSPS) is 28.6. The van der Waals surface area contributed by atoms with E-state index < -0.39 is 0 Å². The van der Waals surface area contributed by atoms with Crippen molar-refractivity contribution in [2.24, 2.45) is 11.8 Å². The Balaban J connectivity index is 1.86. The van der Waals surface area contributed by atoms with Gasteiger partial charge in [-0.25, -0.2) is 0 Å². The Morgan fingerprint density at radius 1 is 1.50 bits per heavy atom. The van der Waals surface area contributed by atoms with Crippen LogP contribution in [0.15, 0.2) is 0 Å². The summed E-state index contributed by atoms with van der Waals surface area (Å²) in [7, 11) is 0. The number of carbonyl (C=O) groups excluding carboxylic acids is 1. The molecule has 2 aliphatic heterocycles. The SMILES string of the molecule is O=C(C1CNC1)N1CCC[C@@H](CF)C1.